The first-order valence-electron chi connectivity index (χ1n) is 13.3. The van der Waals surface area contributed by atoms with Crippen molar-refractivity contribution < 1.29 is 17.6 Å². The molecule has 1 fully saturated rings. The fourth-order valence-corrected chi connectivity index (χ4v) is 6.66. The third-order valence-electron chi connectivity index (χ3n) is 6.95. The van der Waals surface area contributed by atoms with Crippen LogP contribution in [0.1, 0.15) is 61.0 Å². The van der Waals surface area contributed by atoms with E-state index in [1.165, 1.54) is 29.0 Å². The lowest BCUT2D eigenvalue weighted by atomic mass is 9.89. The summed E-state index contributed by atoms with van der Waals surface area (Å²) in [5.74, 6) is -0.0683. The van der Waals surface area contributed by atoms with E-state index in [-0.39, 0.29) is 39.6 Å². The number of likely N-dealkylation sites (tertiary alicyclic amines) is 1. The number of amides is 1. The number of hydrogen-bond acceptors (Lipinski definition) is 6. The Morgan fingerprint density at radius 2 is 1.76 bits per heavy atom. The Bertz CT molecular complexity index is 1710. The van der Waals surface area contributed by atoms with Crippen LogP contribution >= 0.6 is 11.6 Å². The Kier molecular flexibility index (Phi) is 7.80. The summed E-state index contributed by atoms with van der Waals surface area (Å²) in [6.07, 6.45) is 4.06. The molecule has 1 aliphatic rings. The number of halogens is 2. The van der Waals surface area contributed by atoms with E-state index in [2.05, 4.69) is 20.1 Å². The lowest BCUT2D eigenvalue weighted by Crippen LogP contribution is -2.40. The number of rotatable bonds is 6. The van der Waals surface area contributed by atoms with Gasteiger partial charge in [-0.2, -0.15) is 9.61 Å². The highest BCUT2D eigenvalue weighted by molar-refractivity contribution is 7.89. The Hall–Kier alpha value is -3.54. The van der Waals surface area contributed by atoms with E-state index in [0.29, 0.717) is 23.8 Å². The Morgan fingerprint density at radius 1 is 1.07 bits per heavy atom. The number of sulfonamides is 1. The number of carbonyl (C=O) groups is 1. The van der Waals surface area contributed by atoms with Crippen LogP contribution in [0.25, 0.3) is 5.65 Å². The van der Waals surface area contributed by atoms with Crippen LogP contribution < -0.4 is 10.0 Å². The highest BCUT2D eigenvalue weighted by Gasteiger charge is 2.31. The van der Waals surface area contributed by atoms with Crippen molar-refractivity contribution in [3.05, 3.63) is 82.4 Å². The maximum Gasteiger partial charge on any atom is 0.259 e. The molecule has 0 bridgehead atoms. The molecule has 0 aliphatic carbocycles. The van der Waals surface area contributed by atoms with Crippen LogP contribution in [-0.4, -0.2) is 52.5 Å². The molecule has 5 rings (SSSR count). The van der Waals surface area contributed by atoms with Gasteiger partial charge in [-0.25, -0.2) is 22.5 Å². The third-order valence-corrected chi connectivity index (χ3v) is 9.03. The summed E-state index contributed by atoms with van der Waals surface area (Å²) in [4.78, 5) is 19.9. The van der Waals surface area contributed by atoms with Crippen molar-refractivity contribution >= 4 is 44.7 Å². The van der Waals surface area contributed by atoms with Crippen LogP contribution in [0.3, 0.4) is 0 Å². The van der Waals surface area contributed by atoms with E-state index in [9.17, 15) is 17.6 Å². The summed E-state index contributed by atoms with van der Waals surface area (Å²) >= 11 is 6.48. The predicted molar refractivity (Wildman–Crippen MR) is 157 cm³/mol. The van der Waals surface area contributed by atoms with Gasteiger partial charge in [-0.05, 0) is 81.8 Å². The average Bonchev–Trinajstić information content (AvgIpc) is 3.36. The number of hydrogen-bond donors (Lipinski definition) is 2. The first kappa shape index (κ1) is 29.0. The second-order valence-corrected chi connectivity index (χ2v) is 13.4. The molecule has 2 aromatic carbocycles. The van der Waals surface area contributed by atoms with Crippen LogP contribution in [0.2, 0.25) is 5.02 Å². The van der Waals surface area contributed by atoms with E-state index in [1.54, 1.807) is 43.9 Å². The van der Waals surface area contributed by atoms with E-state index < -0.39 is 15.6 Å². The minimum absolute atomic E-state index is 0.0691. The second kappa shape index (κ2) is 11.0. The Labute approximate surface area is 243 Å². The van der Waals surface area contributed by atoms with E-state index in [1.807, 2.05) is 19.1 Å². The molecular weight excluding hydrogens is 567 g/mol. The predicted octanol–water partition coefficient (Wildman–Crippen LogP) is 5.67. The van der Waals surface area contributed by atoms with Crippen molar-refractivity contribution in [3.63, 3.8) is 0 Å². The summed E-state index contributed by atoms with van der Waals surface area (Å²) in [7, 11) is -3.96. The molecule has 4 aromatic rings. The number of nitrogens with zero attached hydrogens (tertiary/aromatic N) is 4. The summed E-state index contributed by atoms with van der Waals surface area (Å²) in [5, 5.41) is 7.99. The van der Waals surface area contributed by atoms with Crippen LogP contribution in [-0.2, 0) is 10.0 Å². The van der Waals surface area contributed by atoms with E-state index in [4.69, 9.17) is 11.6 Å². The number of benzene rings is 2. The highest BCUT2D eigenvalue weighted by atomic mass is 35.5. The maximum absolute atomic E-state index is 13.9. The standard InChI is InChI=1S/C29H32ClFN6O3S/c1-18-5-10-23(30)24(15-18)34-26-22(16-32-27-25(17-33-37(26)27)41(39,40)35-29(2,3)4)28(38)36-13-11-20(12-14-36)19-6-8-21(31)9-7-19/h5-10,15-17,20,34-35H,11-14H2,1-4H3. The van der Waals surface area contributed by atoms with Crippen molar-refractivity contribution in [1.29, 1.82) is 0 Å². The second-order valence-electron chi connectivity index (χ2n) is 11.3. The number of anilines is 2. The topological polar surface area (TPSA) is 109 Å². The first-order valence-corrected chi connectivity index (χ1v) is 15.2. The molecule has 1 aliphatic heterocycles. The molecule has 1 saturated heterocycles. The number of nitrogens with one attached hydrogen (secondary N) is 2. The first-order chi connectivity index (χ1) is 19.3. The van der Waals surface area contributed by atoms with Gasteiger partial charge in [-0.15, -0.1) is 0 Å². The van der Waals surface area contributed by atoms with Crippen LogP contribution in [0.4, 0.5) is 15.9 Å². The number of fused-ring (bicyclic) bond motifs is 1. The molecule has 0 atom stereocenters. The minimum Gasteiger partial charge on any atom is -0.338 e. The molecule has 0 radical (unpaired) electrons. The van der Waals surface area contributed by atoms with Gasteiger partial charge in [0.15, 0.2) is 5.65 Å². The molecule has 41 heavy (non-hydrogen) atoms. The van der Waals surface area contributed by atoms with Gasteiger partial charge in [-0.3, -0.25) is 4.79 Å². The monoisotopic (exact) mass is 598 g/mol. The maximum atomic E-state index is 13.9. The Morgan fingerprint density at radius 3 is 2.41 bits per heavy atom. The zero-order valence-corrected chi connectivity index (χ0v) is 24.9. The molecular formula is C29H32ClFN6O3S. The summed E-state index contributed by atoms with van der Waals surface area (Å²) in [6, 6.07) is 11.9. The molecule has 0 saturated carbocycles. The minimum atomic E-state index is -3.96. The van der Waals surface area contributed by atoms with Gasteiger partial charge in [0.1, 0.15) is 22.1 Å². The quantitative estimate of drug-likeness (QED) is 0.296. The third kappa shape index (κ3) is 6.22. The van der Waals surface area contributed by atoms with Crippen molar-refractivity contribution in [2.24, 2.45) is 0 Å². The van der Waals surface area contributed by atoms with Crippen molar-refractivity contribution in [1.82, 2.24) is 24.2 Å². The van der Waals surface area contributed by atoms with Gasteiger partial charge in [0.25, 0.3) is 5.91 Å². The zero-order chi connectivity index (χ0) is 29.5. The number of piperidine rings is 1. The van der Waals surface area contributed by atoms with Crippen LogP contribution in [0, 0.1) is 12.7 Å². The lowest BCUT2D eigenvalue weighted by molar-refractivity contribution is 0.0713. The molecule has 9 nitrogen and oxygen atoms in total. The smallest absolute Gasteiger partial charge is 0.259 e. The van der Waals surface area contributed by atoms with Gasteiger partial charge in [0.05, 0.1) is 16.9 Å². The zero-order valence-electron chi connectivity index (χ0n) is 23.3. The van der Waals surface area contributed by atoms with Crippen molar-refractivity contribution in [2.45, 2.75) is 56.9 Å². The van der Waals surface area contributed by atoms with Gasteiger partial charge in [-0.1, -0.05) is 29.8 Å². The molecule has 2 N–H and O–H groups in total. The summed E-state index contributed by atoms with van der Waals surface area (Å²) in [6.45, 7) is 8.14. The molecule has 216 valence electrons. The van der Waals surface area contributed by atoms with E-state index >= 15 is 0 Å². The molecule has 0 spiro atoms. The highest BCUT2D eigenvalue weighted by Crippen LogP contribution is 2.33. The number of aromatic nitrogens is 3. The number of aryl methyl sites for hydroxylation is 1. The summed E-state index contributed by atoms with van der Waals surface area (Å²) < 4.78 is 43.7. The van der Waals surface area contributed by atoms with Crippen molar-refractivity contribution in [3.8, 4) is 0 Å². The van der Waals surface area contributed by atoms with Gasteiger partial charge in [0, 0.05) is 24.8 Å². The van der Waals surface area contributed by atoms with Gasteiger partial charge in [0.2, 0.25) is 10.0 Å². The largest absolute Gasteiger partial charge is 0.338 e. The van der Waals surface area contributed by atoms with E-state index in [0.717, 1.165) is 24.0 Å². The Balaban J connectivity index is 1.52. The van der Waals surface area contributed by atoms with Gasteiger partial charge >= 0.3 is 0 Å². The fourth-order valence-electron chi connectivity index (χ4n) is 5.02. The normalized spacial score (nSPS) is 14.9. The van der Waals surface area contributed by atoms with Crippen molar-refractivity contribution in [2.75, 3.05) is 18.4 Å². The SMILES string of the molecule is Cc1ccc(Cl)c(Nc2c(C(=O)N3CCC(c4ccc(F)cc4)CC3)cnc3c(S(=O)(=O)NC(C)(C)C)cnn23)c1. The van der Waals surface area contributed by atoms with Crippen LogP contribution in [0.5, 0.6) is 0 Å². The molecule has 0 unspecified atom stereocenters. The molecule has 3 heterocycles. The summed E-state index contributed by atoms with van der Waals surface area (Å²) in [5.41, 5.74) is 2.10. The molecule has 2 aromatic heterocycles. The molecule has 1 amide bonds. The number of carbonyl (C=O) groups excluding carboxylic acids is 1. The molecule has 12 heteroatoms. The van der Waals surface area contributed by atoms with Crippen LogP contribution in [0.15, 0.2) is 59.8 Å². The van der Waals surface area contributed by atoms with Gasteiger partial charge < -0.3 is 10.2 Å². The lowest BCUT2D eigenvalue weighted by Gasteiger charge is -2.32. The fraction of sp³-hybridized carbons (Fsp3) is 0.345. The average molecular weight is 599 g/mol.